The minimum absolute atomic E-state index is 0.0323. The third kappa shape index (κ3) is 3.30. The fraction of sp³-hybridized carbons (Fsp3) is 0.286. The third-order valence-electron chi connectivity index (χ3n) is 5.05. The van der Waals surface area contributed by atoms with Crippen LogP contribution in [0, 0.1) is 0 Å². The number of carbonyl (C=O) groups excluding carboxylic acids is 1. The van der Waals surface area contributed by atoms with Crippen molar-refractivity contribution in [3.05, 3.63) is 54.2 Å². The maximum atomic E-state index is 12.9. The van der Waals surface area contributed by atoms with E-state index in [0.29, 0.717) is 18.8 Å². The number of anilines is 1. The molecule has 4 rings (SSSR count). The van der Waals surface area contributed by atoms with E-state index in [0.717, 1.165) is 41.2 Å². The third-order valence-corrected chi connectivity index (χ3v) is 5.05. The summed E-state index contributed by atoms with van der Waals surface area (Å²) in [6.45, 7) is 2.91. The standard InChI is InChI=1S/C21H23N3O3/c1-26-16-7-8-17-15(13-16)14-18(22-17)21(25)24-11-9-23(10-12-24)19-5-3-4-6-20(19)27-2/h3-8,13-14,22H,9-12H2,1-2H3. The normalized spacial score (nSPS) is 14.4. The van der Waals surface area contributed by atoms with Gasteiger partial charge < -0.3 is 24.3 Å². The SMILES string of the molecule is COc1ccc2[nH]c(C(=O)N3CCN(c4ccccc4OC)CC3)cc2c1. The molecule has 6 heteroatoms. The summed E-state index contributed by atoms with van der Waals surface area (Å²) in [5.41, 5.74) is 2.63. The summed E-state index contributed by atoms with van der Waals surface area (Å²) >= 11 is 0. The minimum Gasteiger partial charge on any atom is -0.497 e. The van der Waals surface area contributed by atoms with E-state index in [1.807, 2.05) is 47.4 Å². The van der Waals surface area contributed by atoms with Crippen LogP contribution in [0.5, 0.6) is 11.5 Å². The van der Waals surface area contributed by atoms with Gasteiger partial charge in [0.05, 0.1) is 19.9 Å². The van der Waals surface area contributed by atoms with Gasteiger partial charge in [-0.1, -0.05) is 12.1 Å². The molecule has 0 saturated carbocycles. The van der Waals surface area contributed by atoms with Crippen molar-refractivity contribution in [2.75, 3.05) is 45.3 Å². The molecule has 1 aliphatic rings. The number of piperazine rings is 1. The van der Waals surface area contributed by atoms with Gasteiger partial charge in [0, 0.05) is 37.1 Å². The van der Waals surface area contributed by atoms with Gasteiger partial charge in [0.25, 0.3) is 5.91 Å². The number of ether oxygens (including phenoxy) is 2. The van der Waals surface area contributed by atoms with E-state index in [2.05, 4.69) is 16.0 Å². The Bertz CT molecular complexity index is 958. The van der Waals surface area contributed by atoms with Crippen LogP contribution in [0.3, 0.4) is 0 Å². The summed E-state index contributed by atoms with van der Waals surface area (Å²) in [6, 6.07) is 15.6. The first kappa shape index (κ1) is 17.3. The highest BCUT2D eigenvalue weighted by Gasteiger charge is 2.24. The van der Waals surface area contributed by atoms with E-state index in [4.69, 9.17) is 9.47 Å². The first-order valence-corrected chi connectivity index (χ1v) is 9.03. The number of hydrogen-bond donors (Lipinski definition) is 1. The van der Waals surface area contributed by atoms with Crippen molar-refractivity contribution >= 4 is 22.5 Å². The van der Waals surface area contributed by atoms with E-state index < -0.39 is 0 Å². The molecule has 0 spiro atoms. The van der Waals surface area contributed by atoms with Crippen LogP contribution >= 0.6 is 0 Å². The van der Waals surface area contributed by atoms with Crippen molar-refractivity contribution in [2.45, 2.75) is 0 Å². The number of aromatic nitrogens is 1. The molecule has 1 fully saturated rings. The molecule has 2 aromatic carbocycles. The summed E-state index contributed by atoms with van der Waals surface area (Å²) in [7, 11) is 3.32. The predicted molar refractivity (Wildman–Crippen MR) is 106 cm³/mol. The Hall–Kier alpha value is -3.15. The molecule has 6 nitrogen and oxygen atoms in total. The highest BCUT2D eigenvalue weighted by atomic mass is 16.5. The molecule has 140 valence electrons. The van der Waals surface area contributed by atoms with Gasteiger partial charge in [0.15, 0.2) is 0 Å². The Kier molecular flexibility index (Phi) is 4.62. The Morgan fingerprint density at radius 2 is 1.74 bits per heavy atom. The average molecular weight is 365 g/mol. The van der Waals surface area contributed by atoms with Gasteiger partial charge in [-0.25, -0.2) is 0 Å². The number of nitrogens with one attached hydrogen (secondary N) is 1. The highest BCUT2D eigenvalue weighted by molar-refractivity contribution is 5.98. The summed E-state index contributed by atoms with van der Waals surface area (Å²) in [6.07, 6.45) is 0. The topological polar surface area (TPSA) is 57.8 Å². The molecule has 1 N–H and O–H groups in total. The molecule has 0 radical (unpaired) electrons. The molecule has 0 unspecified atom stereocenters. The molecule has 2 heterocycles. The van der Waals surface area contributed by atoms with Crippen LogP contribution < -0.4 is 14.4 Å². The zero-order valence-electron chi connectivity index (χ0n) is 15.6. The van der Waals surface area contributed by atoms with Gasteiger partial charge in [0.2, 0.25) is 0 Å². The predicted octanol–water partition coefficient (Wildman–Crippen LogP) is 3.15. The van der Waals surface area contributed by atoms with Gasteiger partial charge in [-0.3, -0.25) is 4.79 Å². The van der Waals surface area contributed by atoms with Crippen LogP contribution in [0.2, 0.25) is 0 Å². The van der Waals surface area contributed by atoms with Crippen LogP contribution in [0.25, 0.3) is 10.9 Å². The maximum Gasteiger partial charge on any atom is 0.270 e. The second-order valence-corrected chi connectivity index (χ2v) is 6.59. The molecule has 0 aliphatic carbocycles. The smallest absolute Gasteiger partial charge is 0.270 e. The number of para-hydroxylation sites is 2. The number of carbonyl (C=O) groups is 1. The fourth-order valence-corrected chi connectivity index (χ4v) is 3.56. The second-order valence-electron chi connectivity index (χ2n) is 6.59. The maximum absolute atomic E-state index is 12.9. The zero-order valence-corrected chi connectivity index (χ0v) is 15.6. The first-order chi connectivity index (χ1) is 13.2. The molecule has 3 aromatic rings. The van der Waals surface area contributed by atoms with E-state index in [1.165, 1.54) is 0 Å². The molecule has 0 atom stereocenters. The van der Waals surface area contributed by atoms with Crippen molar-refractivity contribution in [3.8, 4) is 11.5 Å². The quantitative estimate of drug-likeness (QED) is 0.772. The van der Waals surface area contributed by atoms with Crippen LogP contribution in [0.15, 0.2) is 48.5 Å². The zero-order chi connectivity index (χ0) is 18.8. The number of fused-ring (bicyclic) bond motifs is 1. The van der Waals surface area contributed by atoms with E-state index in [9.17, 15) is 4.79 Å². The number of H-pyrrole nitrogens is 1. The van der Waals surface area contributed by atoms with Gasteiger partial charge >= 0.3 is 0 Å². The minimum atomic E-state index is 0.0323. The Labute approximate surface area is 158 Å². The van der Waals surface area contributed by atoms with Gasteiger partial charge in [-0.2, -0.15) is 0 Å². The van der Waals surface area contributed by atoms with Crippen LogP contribution in [0.1, 0.15) is 10.5 Å². The Morgan fingerprint density at radius 1 is 0.963 bits per heavy atom. The van der Waals surface area contributed by atoms with E-state index in [-0.39, 0.29) is 5.91 Å². The van der Waals surface area contributed by atoms with Gasteiger partial charge in [0.1, 0.15) is 17.2 Å². The molecule has 0 bridgehead atoms. The van der Waals surface area contributed by atoms with Crippen molar-refractivity contribution in [1.82, 2.24) is 9.88 Å². The summed E-state index contributed by atoms with van der Waals surface area (Å²) < 4.78 is 10.7. The van der Waals surface area contributed by atoms with E-state index in [1.54, 1.807) is 14.2 Å². The lowest BCUT2D eigenvalue weighted by Gasteiger charge is -2.36. The van der Waals surface area contributed by atoms with E-state index >= 15 is 0 Å². The first-order valence-electron chi connectivity index (χ1n) is 9.03. The highest BCUT2D eigenvalue weighted by Crippen LogP contribution is 2.29. The lowest BCUT2D eigenvalue weighted by molar-refractivity contribution is 0.0742. The average Bonchev–Trinajstić information content (AvgIpc) is 3.16. The number of rotatable bonds is 4. The molecule has 1 saturated heterocycles. The van der Waals surface area contributed by atoms with Crippen molar-refractivity contribution in [3.63, 3.8) is 0 Å². The summed E-state index contributed by atoms with van der Waals surface area (Å²) in [4.78, 5) is 20.3. The Balaban J connectivity index is 1.47. The number of aromatic amines is 1. The van der Waals surface area contributed by atoms with Crippen LogP contribution in [0.4, 0.5) is 5.69 Å². The molecular formula is C21H23N3O3. The van der Waals surface area contributed by atoms with Gasteiger partial charge in [-0.15, -0.1) is 0 Å². The Morgan fingerprint density at radius 3 is 2.48 bits per heavy atom. The largest absolute Gasteiger partial charge is 0.497 e. The van der Waals surface area contributed by atoms with Crippen molar-refractivity contribution in [2.24, 2.45) is 0 Å². The number of hydrogen-bond acceptors (Lipinski definition) is 4. The number of benzene rings is 2. The fourth-order valence-electron chi connectivity index (χ4n) is 3.56. The van der Waals surface area contributed by atoms with Crippen LogP contribution in [-0.4, -0.2) is 56.2 Å². The molecule has 1 amide bonds. The molecule has 27 heavy (non-hydrogen) atoms. The lowest BCUT2D eigenvalue weighted by atomic mass is 10.2. The summed E-state index contributed by atoms with van der Waals surface area (Å²) in [5, 5.41) is 0.977. The molecule has 1 aliphatic heterocycles. The van der Waals surface area contributed by atoms with Crippen molar-refractivity contribution in [1.29, 1.82) is 0 Å². The monoisotopic (exact) mass is 365 g/mol. The summed E-state index contributed by atoms with van der Waals surface area (Å²) in [5.74, 6) is 1.68. The number of amides is 1. The molecule has 1 aromatic heterocycles. The lowest BCUT2D eigenvalue weighted by Crippen LogP contribution is -2.49. The molecular weight excluding hydrogens is 342 g/mol. The van der Waals surface area contributed by atoms with Gasteiger partial charge in [-0.05, 0) is 36.4 Å². The van der Waals surface area contributed by atoms with Crippen molar-refractivity contribution < 1.29 is 14.3 Å². The number of nitrogens with zero attached hydrogens (tertiary/aromatic N) is 2. The van der Waals surface area contributed by atoms with Crippen LogP contribution in [-0.2, 0) is 0 Å². The number of methoxy groups -OCH3 is 2. The second kappa shape index (κ2) is 7.23.